The second-order valence-corrected chi connectivity index (χ2v) is 4.00. The zero-order valence-electron chi connectivity index (χ0n) is 7.80. The van der Waals surface area contributed by atoms with E-state index in [9.17, 15) is 13.2 Å². The maximum absolute atomic E-state index is 12.5. The van der Waals surface area contributed by atoms with E-state index >= 15 is 0 Å². The third-order valence-electron chi connectivity index (χ3n) is 1.90. The average molecular weight is 221 g/mol. The Kier molecular flexibility index (Phi) is 3.42. The number of alkyl halides is 3. The molecule has 0 fully saturated rings. The molecule has 0 aromatic carbocycles. The van der Waals surface area contributed by atoms with Gasteiger partial charge in [0.25, 0.3) is 0 Å². The van der Waals surface area contributed by atoms with Gasteiger partial charge in [0.05, 0.1) is 0 Å². The molecule has 1 rings (SSSR count). The smallest absolute Gasteiger partial charge is 0.251 e. The molecule has 78 valence electrons. The molecule has 1 atom stereocenters. The van der Waals surface area contributed by atoms with Crippen LogP contribution in [0.4, 0.5) is 13.2 Å². The summed E-state index contributed by atoms with van der Waals surface area (Å²) in [7, 11) is 0. The van der Waals surface area contributed by atoms with Crippen molar-refractivity contribution in [2.24, 2.45) is 0 Å². The normalized spacial score (nSPS) is 14.1. The van der Waals surface area contributed by atoms with E-state index in [1.54, 1.807) is 13.2 Å². The summed E-state index contributed by atoms with van der Waals surface area (Å²) in [6.45, 7) is 1.73. The SMILES string of the molecule is CSC(C)c1cccnc1C(F)(F)F. The van der Waals surface area contributed by atoms with E-state index in [4.69, 9.17) is 0 Å². The molecule has 0 radical (unpaired) electrons. The number of aromatic nitrogens is 1. The fraction of sp³-hybridized carbons (Fsp3) is 0.444. The molecular formula is C9H10F3NS. The van der Waals surface area contributed by atoms with Crippen LogP contribution >= 0.6 is 11.8 Å². The molecule has 14 heavy (non-hydrogen) atoms. The van der Waals surface area contributed by atoms with Crippen LogP contribution in [0.2, 0.25) is 0 Å². The van der Waals surface area contributed by atoms with Crippen molar-refractivity contribution in [1.82, 2.24) is 4.98 Å². The topological polar surface area (TPSA) is 12.9 Å². The molecule has 0 amide bonds. The van der Waals surface area contributed by atoms with Crippen molar-refractivity contribution in [3.8, 4) is 0 Å². The fourth-order valence-corrected chi connectivity index (χ4v) is 1.55. The fourth-order valence-electron chi connectivity index (χ4n) is 1.11. The third-order valence-corrected chi connectivity index (χ3v) is 2.86. The first-order valence-corrected chi connectivity index (χ1v) is 5.30. The minimum atomic E-state index is -4.36. The van der Waals surface area contributed by atoms with Gasteiger partial charge < -0.3 is 0 Å². The Bertz CT molecular complexity index is 311. The lowest BCUT2D eigenvalue weighted by molar-refractivity contribution is -0.141. The van der Waals surface area contributed by atoms with Gasteiger partial charge in [-0.05, 0) is 24.8 Å². The Morgan fingerprint density at radius 1 is 1.43 bits per heavy atom. The van der Waals surface area contributed by atoms with Gasteiger partial charge in [-0.1, -0.05) is 6.07 Å². The van der Waals surface area contributed by atoms with Crippen LogP contribution in [-0.4, -0.2) is 11.2 Å². The van der Waals surface area contributed by atoms with Crippen molar-refractivity contribution in [3.05, 3.63) is 29.6 Å². The van der Waals surface area contributed by atoms with E-state index < -0.39 is 11.9 Å². The summed E-state index contributed by atoms with van der Waals surface area (Å²) in [6.07, 6.45) is -1.42. The molecule has 0 saturated heterocycles. The monoisotopic (exact) mass is 221 g/mol. The minimum absolute atomic E-state index is 0.194. The van der Waals surface area contributed by atoms with E-state index in [1.807, 2.05) is 0 Å². The lowest BCUT2D eigenvalue weighted by Crippen LogP contribution is -2.12. The summed E-state index contributed by atoms with van der Waals surface area (Å²) in [5.41, 5.74) is -0.533. The number of nitrogens with zero attached hydrogens (tertiary/aromatic N) is 1. The summed E-state index contributed by atoms with van der Waals surface area (Å²) in [5, 5.41) is -0.194. The van der Waals surface area contributed by atoms with E-state index in [-0.39, 0.29) is 10.8 Å². The number of rotatable bonds is 2. The first-order chi connectivity index (χ1) is 6.46. The number of halogens is 3. The van der Waals surface area contributed by atoms with E-state index in [0.717, 1.165) is 0 Å². The van der Waals surface area contributed by atoms with Crippen molar-refractivity contribution in [2.75, 3.05) is 6.26 Å². The largest absolute Gasteiger partial charge is 0.433 e. The quantitative estimate of drug-likeness (QED) is 0.757. The molecule has 0 spiro atoms. The van der Waals surface area contributed by atoms with Gasteiger partial charge in [-0.2, -0.15) is 24.9 Å². The first kappa shape index (κ1) is 11.4. The number of hydrogen-bond acceptors (Lipinski definition) is 2. The average Bonchev–Trinajstić information content (AvgIpc) is 2.15. The summed E-state index contributed by atoms with van der Waals surface area (Å²) < 4.78 is 37.4. The van der Waals surface area contributed by atoms with Crippen molar-refractivity contribution in [3.63, 3.8) is 0 Å². The highest BCUT2D eigenvalue weighted by Gasteiger charge is 2.35. The van der Waals surface area contributed by atoms with Gasteiger partial charge in [-0.3, -0.25) is 4.98 Å². The molecule has 0 aliphatic heterocycles. The molecule has 1 nitrogen and oxygen atoms in total. The van der Waals surface area contributed by atoms with Crippen molar-refractivity contribution >= 4 is 11.8 Å². The van der Waals surface area contributed by atoms with Gasteiger partial charge in [0.15, 0.2) is 0 Å². The zero-order valence-corrected chi connectivity index (χ0v) is 8.62. The highest BCUT2D eigenvalue weighted by Crippen LogP contribution is 2.36. The highest BCUT2D eigenvalue weighted by molar-refractivity contribution is 7.98. The van der Waals surface area contributed by atoms with Crippen LogP contribution in [0.1, 0.15) is 23.4 Å². The molecule has 0 aliphatic carbocycles. The Balaban J connectivity index is 3.16. The lowest BCUT2D eigenvalue weighted by Gasteiger charge is -2.14. The summed E-state index contributed by atoms with van der Waals surface area (Å²) in [4.78, 5) is 3.38. The first-order valence-electron chi connectivity index (χ1n) is 4.01. The van der Waals surface area contributed by atoms with Crippen molar-refractivity contribution in [2.45, 2.75) is 18.3 Å². The summed E-state index contributed by atoms with van der Waals surface area (Å²) in [6, 6.07) is 2.99. The molecule has 0 N–H and O–H groups in total. The molecule has 0 aliphatic rings. The van der Waals surface area contributed by atoms with E-state index in [2.05, 4.69) is 4.98 Å². The predicted molar refractivity (Wildman–Crippen MR) is 51.2 cm³/mol. The number of hydrogen-bond donors (Lipinski definition) is 0. The molecule has 1 heterocycles. The van der Waals surface area contributed by atoms with Crippen molar-refractivity contribution in [1.29, 1.82) is 0 Å². The van der Waals surface area contributed by atoms with Gasteiger partial charge in [0, 0.05) is 11.4 Å². The Hall–Kier alpha value is -0.710. The zero-order chi connectivity index (χ0) is 10.8. The maximum Gasteiger partial charge on any atom is 0.433 e. The number of pyridine rings is 1. The minimum Gasteiger partial charge on any atom is -0.251 e. The Morgan fingerprint density at radius 2 is 2.07 bits per heavy atom. The van der Waals surface area contributed by atoms with Gasteiger partial charge in [0.1, 0.15) is 5.69 Å². The van der Waals surface area contributed by atoms with Crippen LogP contribution in [0.15, 0.2) is 18.3 Å². The molecule has 0 saturated carbocycles. The van der Waals surface area contributed by atoms with Crippen molar-refractivity contribution < 1.29 is 13.2 Å². The van der Waals surface area contributed by atoms with Gasteiger partial charge in [-0.25, -0.2) is 0 Å². The van der Waals surface area contributed by atoms with Crippen LogP contribution in [-0.2, 0) is 6.18 Å². The van der Waals surface area contributed by atoms with Crippen LogP contribution in [0.5, 0.6) is 0 Å². The molecule has 1 aromatic rings. The molecule has 5 heteroatoms. The van der Waals surface area contributed by atoms with Gasteiger partial charge in [0.2, 0.25) is 0 Å². The lowest BCUT2D eigenvalue weighted by atomic mass is 10.1. The Morgan fingerprint density at radius 3 is 2.57 bits per heavy atom. The predicted octanol–water partition coefficient (Wildman–Crippen LogP) is 3.52. The van der Waals surface area contributed by atoms with Gasteiger partial charge in [-0.15, -0.1) is 0 Å². The molecule has 0 bridgehead atoms. The molecular weight excluding hydrogens is 211 g/mol. The van der Waals surface area contributed by atoms with Crippen LogP contribution in [0, 0.1) is 0 Å². The van der Waals surface area contributed by atoms with Crippen LogP contribution in [0.25, 0.3) is 0 Å². The standard InChI is InChI=1S/C9H10F3NS/c1-6(14-2)7-4-3-5-13-8(7)9(10,11)12/h3-6H,1-2H3. The van der Waals surface area contributed by atoms with Crippen LogP contribution < -0.4 is 0 Å². The molecule has 1 unspecified atom stereocenters. The van der Waals surface area contributed by atoms with E-state index in [1.165, 1.54) is 30.1 Å². The van der Waals surface area contributed by atoms with Gasteiger partial charge >= 0.3 is 6.18 Å². The highest BCUT2D eigenvalue weighted by atomic mass is 32.2. The maximum atomic E-state index is 12.5. The van der Waals surface area contributed by atoms with E-state index in [0.29, 0.717) is 0 Å². The number of thioether (sulfide) groups is 1. The third kappa shape index (κ3) is 2.41. The summed E-state index contributed by atoms with van der Waals surface area (Å²) in [5.74, 6) is 0. The summed E-state index contributed by atoms with van der Waals surface area (Å²) >= 11 is 1.37. The second-order valence-electron chi connectivity index (χ2n) is 2.82. The second kappa shape index (κ2) is 4.21. The Labute approximate surface area is 84.7 Å². The van der Waals surface area contributed by atoms with Crippen LogP contribution in [0.3, 0.4) is 0 Å². The molecule has 1 aromatic heterocycles.